The van der Waals surface area contributed by atoms with Gasteiger partial charge in [0, 0.05) is 67.1 Å². The van der Waals surface area contributed by atoms with Gasteiger partial charge < -0.3 is 14.4 Å². The highest BCUT2D eigenvalue weighted by atomic mass is 15.3. The van der Waals surface area contributed by atoms with Gasteiger partial charge in [0.15, 0.2) is 0 Å². The van der Waals surface area contributed by atoms with Gasteiger partial charge in [0.2, 0.25) is 0 Å². The van der Waals surface area contributed by atoms with Gasteiger partial charge in [-0.05, 0) is 169 Å². The summed E-state index contributed by atoms with van der Waals surface area (Å²) in [4.78, 5) is 5.58. The first-order chi connectivity index (χ1) is 34.1. The molecule has 4 heterocycles. The largest absolute Gasteiger partial charge is 0.334 e. The second kappa shape index (κ2) is 14.5. The zero-order valence-electron chi connectivity index (χ0n) is 47.5. The Morgan fingerprint density at radius 2 is 1.12 bits per heavy atom. The van der Waals surface area contributed by atoms with Crippen LogP contribution in [0.5, 0.6) is 0 Å². The van der Waals surface area contributed by atoms with Crippen molar-refractivity contribution in [2.75, 3.05) is 9.80 Å². The molecule has 7 aromatic rings. The fourth-order valence-electron chi connectivity index (χ4n) is 15.6. The van der Waals surface area contributed by atoms with E-state index in [1.807, 2.05) is 0 Å². The lowest BCUT2D eigenvalue weighted by Gasteiger charge is -2.50. The minimum Gasteiger partial charge on any atom is -0.334 e. The Labute approximate surface area is 438 Å². The molecule has 374 valence electrons. The topological polar surface area (TPSA) is 11.4 Å². The van der Waals surface area contributed by atoms with Gasteiger partial charge in [-0.1, -0.05) is 178 Å². The van der Waals surface area contributed by atoms with Crippen LogP contribution in [0, 0.1) is 0 Å². The Morgan fingerprint density at radius 1 is 0.479 bits per heavy atom. The van der Waals surface area contributed by atoms with Crippen molar-refractivity contribution in [2.24, 2.45) is 0 Å². The Morgan fingerprint density at radius 3 is 1.84 bits per heavy atom. The van der Waals surface area contributed by atoms with Crippen molar-refractivity contribution >= 4 is 62.4 Å². The van der Waals surface area contributed by atoms with Crippen molar-refractivity contribution in [3.8, 4) is 16.8 Å². The van der Waals surface area contributed by atoms with Crippen LogP contribution < -0.4 is 26.2 Å². The van der Waals surface area contributed by atoms with Crippen LogP contribution in [0.1, 0.15) is 201 Å². The van der Waals surface area contributed by atoms with Crippen LogP contribution in [0.3, 0.4) is 0 Å². The fourth-order valence-corrected chi connectivity index (χ4v) is 15.6. The maximum atomic E-state index is 2.83. The molecule has 3 aliphatic heterocycles. The van der Waals surface area contributed by atoms with Gasteiger partial charge >= 0.3 is 0 Å². The van der Waals surface area contributed by atoms with E-state index in [0.29, 0.717) is 0 Å². The predicted octanol–water partition coefficient (Wildman–Crippen LogP) is 16.5. The Bertz CT molecular complexity index is 3560. The third-order valence-corrected chi connectivity index (χ3v) is 20.4. The van der Waals surface area contributed by atoms with Gasteiger partial charge in [0.1, 0.15) is 0 Å². The molecule has 73 heavy (non-hydrogen) atoms. The number of aromatic nitrogens is 1. The van der Waals surface area contributed by atoms with E-state index in [9.17, 15) is 0 Å². The lowest BCUT2D eigenvalue weighted by atomic mass is 9.33. The molecule has 3 nitrogen and oxygen atoms in total. The number of anilines is 5. The van der Waals surface area contributed by atoms with Crippen molar-refractivity contribution in [3.05, 3.63) is 148 Å². The SMILES string of the molecule is CC(C)(C)c1cc2c3c(c1)-n1c4c(c5cc(C(C)(C)C)cc(c51)B3c1ccc(N3c5ccc(C(C)(C)C)cc5C5(C)CCCCC35C)cc1N2c1ccc2c(c1)C(C)(C)CCC2(C)C)-c1ccccc1C4(C)C. The predicted molar refractivity (Wildman–Crippen MR) is 314 cm³/mol. The molecule has 2 atom stereocenters. The molecule has 0 saturated heterocycles. The van der Waals surface area contributed by atoms with E-state index in [4.69, 9.17) is 0 Å². The molecule has 0 spiro atoms. The number of benzene rings is 6. The van der Waals surface area contributed by atoms with E-state index in [1.165, 1.54) is 156 Å². The van der Waals surface area contributed by atoms with E-state index in [0.717, 1.165) is 0 Å². The quantitative estimate of drug-likeness (QED) is 0.160. The van der Waals surface area contributed by atoms with Crippen molar-refractivity contribution in [2.45, 2.75) is 200 Å². The summed E-state index contributed by atoms with van der Waals surface area (Å²) in [5.41, 5.74) is 27.9. The van der Waals surface area contributed by atoms with Crippen LogP contribution in [0.4, 0.5) is 28.4 Å². The van der Waals surface area contributed by atoms with E-state index < -0.39 is 0 Å². The van der Waals surface area contributed by atoms with Crippen molar-refractivity contribution in [3.63, 3.8) is 0 Å². The lowest BCUT2D eigenvalue weighted by Crippen LogP contribution is -2.61. The van der Waals surface area contributed by atoms with Crippen LogP contribution >= 0.6 is 0 Å². The average molecular weight is 962 g/mol. The maximum absolute atomic E-state index is 2.83. The summed E-state index contributed by atoms with van der Waals surface area (Å²) in [6.07, 6.45) is 7.27. The van der Waals surface area contributed by atoms with E-state index in [-0.39, 0.29) is 50.2 Å². The van der Waals surface area contributed by atoms with E-state index in [1.54, 1.807) is 0 Å². The van der Waals surface area contributed by atoms with Crippen LogP contribution in [0.15, 0.2) is 103 Å². The van der Waals surface area contributed by atoms with Crippen molar-refractivity contribution < 1.29 is 0 Å². The monoisotopic (exact) mass is 962 g/mol. The summed E-state index contributed by atoms with van der Waals surface area (Å²) in [6, 6.07) is 42.7. The Hall–Kier alpha value is -5.48. The molecule has 13 rings (SSSR count). The number of fused-ring (bicyclic) bond motifs is 13. The number of hydrogen-bond acceptors (Lipinski definition) is 2. The summed E-state index contributed by atoms with van der Waals surface area (Å²) in [6.45, 7) is 41.7. The molecule has 2 unspecified atom stereocenters. The van der Waals surface area contributed by atoms with Gasteiger partial charge in [-0.2, -0.15) is 0 Å². The molecular formula is C69H80BN3. The normalized spacial score (nSPS) is 22.6. The number of rotatable bonds is 2. The molecule has 1 fully saturated rings. The third kappa shape index (κ3) is 6.19. The molecule has 1 saturated carbocycles. The van der Waals surface area contributed by atoms with Gasteiger partial charge in [-0.3, -0.25) is 0 Å². The molecule has 3 aliphatic carbocycles. The highest BCUT2D eigenvalue weighted by Gasteiger charge is 2.58. The number of nitrogens with zero attached hydrogens (tertiary/aromatic N) is 3. The molecule has 0 bridgehead atoms. The second-order valence-corrected chi connectivity index (χ2v) is 29.3. The van der Waals surface area contributed by atoms with Crippen molar-refractivity contribution in [1.29, 1.82) is 0 Å². The summed E-state index contributed by atoms with van der Waals surface area (Å²) in [5, 5.41) is 1.40. The highest BCUT2D eigenvalue weighted by molar-refractivity contribution is 7.00. The first kappa shape index (κ1) is 47.3. The zero-order chi connectivity index (χ0) is 51.7. The zero-order valence-corrected chi connectivity index (χ0v) is 47.5. The van der Waals surface area contributed by atoms with Gasteiger partial charge in [0.25, 0.3) is 6.71 Å². The fraction of sp³-hybridized carbons (Fsp3) is 0.449. The molecule has 6 aliphatic rings. The van der Waals surface area contributed by atoms with Crippen LogP contribution in [0.2, 0.25) is 0 Å². The van der Waals surface area contributed by atoms with Gasteiger partial charge in [-0.15, -0.1) is 0 Å². The van der Waals surface area contributed by atoms with Crippen molar-refractivity contribution in [1.82, 2.24) is 4.57 Å². The minimum atomic E-state index is -0.205. The minimum absolute atomic E-state index is 0.0258. The Balaban J connectivity index is 1.16. The average Bonchev–Trinajstić information content (AvgIpc) is 3.87. The van der Waals surface area contributed by atoms with E-state index in [2.05, 4.69) is 235 Å². The second-order valence-electron chi connectivity index (χ2n) is 29.3. The summed E-state index contributed by atoms with van der Waals surface area (Å²) < 4.78 is 2.78. The van der Waals surface area contributed by atoms with Crippen LogP contribution in [0.25, 0.3) is 27.7 Å². The first-order valence-electron chi connectivity index (χ1n) is 28.1. The highest BCUT2D eigenvalue weighted by Crippen LogP contribution is 2.62. The third-order valence-electron chi connectivity index (χ3n) is 20.4. The lowest BCUT2D eigenvalue weighted by molar-refractivity contribution is 0.195. The first-order valence-corrected chi connectivity index (χ1v) is 28.1. The van der Waals surface area contributed by atoms with Crippen LogP contribution in [-0.2, 0) is 37.9 Å². The molecule has 0 radical (unpaired) electrons. The standard InChI is InChI=1S/C69H80BN3/c1-62(2,3)41-24-29-54-51(35-41)68(16)30-20-21-31-69(68,17)73(54)45-26-28-52-55(40-45)71(44-25-27-49-50(39-44)66(12,13)33-32-65(49,10)11)56-37-43(64(7,8)9)38-57-59(56)70(52)53-36-42(63(4,5)6)34-47-58-46-22-18-19-23-48(46)67(14,15)61(58)72(57)60(47)53/h18-19,22-29,34-40H,20-21,30-33H2,1-17H3. The van der Waals surface area contributed by atoms with Crippen LogP contribution in [-0.4, -0.2) is 16.8 Å². The summed E-state index contributed by atoms with van der Waals surface area (Å²) >= 11 is 0. The molecule has 1 aromatic heterocycles. The van der Waals surface area contributed by atoms with Gasteiger partial charge in [0.05, 0.1) is 5.54 Å². The summed E-state index contributed by atoms with van der Waals surface area (Å²) in [7, 11) is 0. The summed E-state index contributed by atoms with van der Waals surface area (Å²) in [5.74, 6) is 0. The smallest absolute Gasteiger partial charge is 0.252 e. The molecule has 0 N–H and O–H groups in total. The maximum Gasteiger partial charge on any atom is 0.252 e. The number of hydrogen-bond donors (Lipinski definition) is 0. The Kier molecular flexibility index (Phi) is 9.36. The molecular weight excluding hydrogens is 882 g/mol. The van der Waals surface area contributed by atoms with Gasteiger partial charge in [-0.25, -0.2) is 0 Å². The molecule has 4 heteroatoms. The van der Waals surface area contributed by atoms with E-state index >= 15 is 0 Å². The molecule has 0 amide bonds. The molecule has 6 aromatic carbocycles.